The summed E-state index contributed by atoms with van der Waals surface area (Å²) in [6.07, 6.45) is 0. The first kappa shape index (κ1) is 22.7. The van der Waals surface area contributed by atoms with Crippen LogP contribution in [0.1, 0.15) is 17.2 Å². The molecule has 0 unspecified atom stereocenters. The number of nitrogens with zero attached hydrogens (tertiary/aromatic N) is 1. The van der Waals surface area contributed by atoms with Gasteiger partial charge < -0.3 is 15.0 Å². The number of likely N-dealkylation sites (N-methyl/N-ethyl adjacent to an activating group) is 1. The normalized spacial score (nSPS) is 11.5. The summed E-state index contributed by atoms with van der Waals surface area (Å²) in [6, 6.07) is 22.4. The number of halogens is 2. The van der Waals surface area contributed by atoms with Gasteiger partial charge in [0, 0.05) is 18.6 Å². The Morgan fingerprint density at radius 2 is 1.58 bits per heavy atom. The molecule has 5 nitrogen and oxygen atoms in total. The fourth-order valence-electron chi connectivity index (χ4n) is 3.14. The van der Waals surface area contributed by atoms with E-state index in [-0.39, 0.29) is 25.0 Å². The molecule has 0 aliphatic heterocycles. The summed E-state index contributed by atoms with van der Waals surface area (Å²) in [5, 5.41) is 3.66. The Morgan fingerprint density at radius 3 is 2.23 bits per heavy atom. The molecule has 31 heavy (non-hydrogen) atoms. The van der Waals surface area contributed by atoms with E-state index >= 15 is 0 Å². The van der Waals surface area contributed by atoms with Gasteiger partial charge in [-0.3, -0.25) is 9.59 Å². The second-order valence-corrected chi connectivity index (χ2v) is 7.64. The van der Waals surface area contributed by atoms with E-state index in [1.807, 2.05) is 42.5 Å². The van der Waals surface area contributed by atoms with E-state index in [4.69, 9.17) is 27.9 Å². The monoisotopic (exact) mass is 456 g/mol. The molecule has 160 valence electrons. The minimum atomic E-state index is -0.829. The maximum atomic E-state index is 13.3. The molecule has 0 aromatic heterocycles. The summed E-state index contributed by atoms with van der Waals surface area (Å²) in [4.78, 5) is 27.6. The van der Waals surface area contributed by atoms with Gasteiger partial charge in [0.05, 0.1) is 5.02 Å². The zero-order valence-corrected chi connectivity index (χ0v) is 18.4. The van der Waals surface area contributed by atoms with Crippen LogP contribution in [-0.4, -0.2) is 30.4 Å². The van der Waals surface area contributed by atoms with Gasteiger partial charge in [-0.1, -0.05) is 77.8 Å². The van der Waals surface area contributed by atoms with E-state index in [1.54, 1.807) is 43.4 Å². The van der Waals surface area contributed by atoms with Gasteiger partial charge in [0.1, 0.15) is 11.8 Å². The van der Waals surface area contributed by atoms with Crippen molar-refractivity contribution in [2.75, 3.05) is 13.7 Å². The predicted octanol–water partition coefficient (Wildman–Crippen LogP) is 4.89. The lowest BCUT2D eigenvalue weighted by Crippen LogP contribution is -2.44. The molecule has 0 saturated heterocycles. The Hall–Kier alpha value is -3.02. The fourth-order valence-corrected chi connectivity index (χ4v) is 3.46. The molecular weight excluding hydrogens is 435 g/mol. The Labute approximate surface area is 191 Å². The summed E-state index contributed by atoms with van der Waals surface area (Å²) in [6.45, 7) is -0.0630. The maximum Gasteiger partial charge on any atom is 0.261 e. The van der Waals surface area contributed by atoms with Crippen LogP contribution >= 0.6 is 23.2 Å². The molecule has 0 radical (unpaired) electrons. The number of hydrogen-bond donors (Lipinski definition) is 1. The Morgan fingerprint density at radius 1 is 0.935 bits per heavy atom. The molecule has 3 aromatic rings. The van der Waals surface area contributed by atoms with Gasteiger partial charge in [-0.15, -0.1) is 0 Å². The van der Waals surface area contributed by atoms with E-state index in [1.165, 1.54) is 4.90 Å². The Balaban J connectivity index is 1.92. The minimum Gasteiger partial charge on any atom is -0.482 e. The van der Waals surface area contributed by atoms with Crippen molar-refractivity contribution in [3.8, 4) is 5.75 Å². The number of para-hydroxylation sites is 1. The lowest BCUT2D eigenvalue weighted by Gasteiger charge is -2.31. The highest BCUT2D eigenvalue weighted by atomic mass is 35.5. The van der Waals surface area contributed by atoms with Gasteiger partial charge in [-0.25, -0.2) is 0 Å². The van der Waals surface area contributed by atoms with Crippen LogP contribution in [0.15, 0.2) is 78.9 Å². The first-order valence-electron chi connectivity index (χ1n) is 9.67. The maximum absolute atomic E-state index is 13.3. The van der Waals surface area contributed by atoms with Crippen molar-refractivity contribution in [2.45, 2.75) is 12.6 Å². The molecule has 0 aliphatic rings. The van der Waals surface area contributed by atoms with E-state index in [2.05, 4.69) is 5.32 Å². The number of benzene rings is 3. The molecule has 1 atom stereocenters. The van der Waals surface area contributed by atoms with E-state index < -0.39 is 6.04 Å². The summed E-state index contributed by atoms with van der Waals surface area (Å²) < 4.78 is 5.66. The van der Waals surface area contributed by atoms with Crippen molar-refractivity contribution < 1.29 is 14.3 Å². The molecule has 7 heteroatoms. The molecule has 0 bridgehead atoms. The van der Waals surface area contributed by atoms with E-state index in [9.17, 15) is 9.59 Å². The van der Waals surface area contributed by atoms with Crippen molar-refractivity contribution in [3.05, 3.63) is 100 Å². The van der Waals surface area contributed by atoms with Gasteiger partial charge in [0.15, 0.2) is 6.61 Å². The number of hydrogen-bond acceptors (Lipinski definition) is 3. The van der Waals surface area contributed by atoms with Crippen LogP contribution in [0.4, 0.5) is 0 Å². The highest BCUT2D eigenvalue weighted by Gasteiger charge is 2.31. The minimum absolute atomic E-state index is 0.203. The second-order valence-electron chi connectivity index (χ2n) is 6.79. The van der Waals surface area contributed by atoms with Crippen molar-refractivity contribution >= 4 is 35.0 Å². The van der Waals surface area contributed by atoms with E-state index in [0.29, 0.717) is 21.4 Å². The standard InChI is InChI=1S/C24H22Cl2N2O3/c1-27-24(30)23(18-7-3-2-4-8-18)28(15-17-11-13-19(25)14-12-17)22(29)16-31-21-10-6-5-9-20(21)26/h2-14,23H,15-16H2,1H3,(H,27,30)/t23-/m1/s1. The quantitative estimate of drug-likeness (QED) is 0.524. The van der Waals surface area contributed by atoms with Crippen molar-refractivity contribution in [1.29, 1.82) is 0 Å². The van der Waals surface area contributed by atoms with Gasteiger partial charge >= 0.3 is 0 Å². The van der Waals surface area contributed by atoms with Crippen LogP contribution in [0.5, 0.6) is 5.75 Å². The largest absolute Gasteiger partial charge is 0.482 e. The van der Waals surface area contributed by atoms with Crippen LogP contribution < -0.4 is 10.1 Å². The van der Waals surface area contributed by atoms with Crippen molar-refractivity contribution in [3.63, 3.8) is 0 Å². The van der Waals surface area contributed by atoms with E-state index in [0.717, 1.165) is 5.56 Å². The number of carbonyl (C=O) groups excluding carboxylic acids is 2. The molecule has 3 rings (SSSR count). The van der Waals surface area contributed by atoms with Gasteiger partial charge in [0.25, 0.3) is 5.91 Å². The summed E-state index contributed by atoms with van der Waals surface area (Å²) in [5.74, 6) is -0.251. The Bertz CT molecular complexity index is 1030. The molecule has 0 fully saturated rings. The smallest absolute Gasteiger partial charge is 0.261 e. The van der Waals surface area contributed by atoms with Gasteiger partial charge in [-0.2, -0.15) is 0 Å². The van der Waals surface area contributed by atoms with Crippen LogP contribution in [-0.2, 0) is 16.1 Å². The number of rotatable bonds is 8. The molecule has 0 spiro atoms. The third-order valence-corrected chi connectivity index (χ3v) is 5.26. The van der Waals surface area contributed by atoms with Crippen LogP contribution in [0.3, 0.4) is 0 Å². The summed E-state index contributed by atoms with van der Waals surface area (Å²) >= 11 is 12.1. The average Bonchev–Trinajstić information content (AvgIpc) is 2.79. The molecule has 0 saturated carbocycles. The molecule has 0 aliphatic carbocycles. The topological polar surface area (TPSA) is 58.6 Å². The number of ether oxygens (including phenoxy) is 1. The Kier molecular flexibility index (Phi) is 7.93. The van der Waals surface area contributed by atoms with Crippen LogP contribution in [0, 0.1) is 0 Å². The third kappa shape index (κ3) is 6.00. The molecular formula is C24H22Cl2N2O3. The first-order chi connectivity index (χ1) is 15.0. The molecule has 0 heterocycles. The van der Waals surface area contributed by atoms with Crippen molar-refractivity contribution in [2.24, 2.45) is 0 Å². The molecule has 3 aromatic carbocycles. The highest BCUT2D eigenvalue weighted by molar-refractivity contribution is 6.32. The first-order valence-corrected chi connectivity index (χ1v) is 10.4. The number of nitrogens with one attached hydrogen (secondary N) is 1. The van der Waals surface area contributed by atoms with Crippen LogP contribution in [0.2, 0.25) is 10.0 Å². The SMILES string of the molecule is CNC(=O)[C@@H](c1ccccc1)N(Cc1ccc(Cl)cc1)C(=O)COc1ccccc1Cl. The zero-order chi connectivity index (χ0) is 22.2. The summed E-state index contributed by atoms with van der Waals surface area (Å²) in [5.41, 5.74) is 1.53. The predicted molar refractivity (Wildman–Crippen MR) is 122 cm³/mol. The molecule has 1 N–H and O–H groups in total. The zero-order valence-electron chi connectivity index (χ0n) is 16.9. The lowest BCUT2D eigenvalue weighted by atomic mass is 10.0. The van der Waals surface area contributed by atoms with Gasteiger partial charge in [-0.05, 0) is 35.4 Å². The van der Waals surface area contributed by atoms with Crippen LogP contribution in [0.25, 0.3) is 0 Å². The fraction of sp³-hybridized carbons (Fsp3) is 0.167. The third-order valence-electron chi connectivity index (χ3n) is 4.70. The average molecular weight is 457 g/mol. The summed E-state index contributed by atoms with van der Waals surface area (Å²) in [7, 11) is 1.55. The molecule has 2 amide bonds. The lowest BCUT2D eigenvalue weighted by molar-refractivity contribution is -0.143. The second kappa shape index (κ2) is 10.8. The van der Waals surface area contributed by atoms with Gasteiger partial charge in [0.2, 0.25) is 5.91 Å². The highest BCUT2D eigenvalue weighted by Crippen LogP contribution is 2.26. The van der Waals surface area contributed by atoms with Crippen molar-refractivity contribution in [1.82, 2.24) is 10.2 Å². The number of amides is 2. The number of carbonyl (C=O) groups is 2.